The van der Waals surface area contributed by atoms with E-state index in [-0.39, 0.29) is 5.82 Å². The van der Waals surface area contributed by atoms with Crippen molar-refractivity contribution in [3.63, 3.8) is 0 Å². The summed E-state index contributed by atoms with van der Waals surface area (Å²) in [4.78, 5) is 0. The molecule has 1 aliphatic rings. The van der Waals surface area contributed by atoms with E-state index in [0.717, 1.165) is 0 Å². The Bertz CT molecular complexity index is 473. The Morgan fingerprint density at radius 3 is 1.94 bits per heavy atom. The molecule has 0 amide bonds. The van der Waals surface area contributed by atoms with Gasteiger partial charge in [-0.25, -0.2) is 4.39 Å². The van der Waals surface area contributed by atoms with Crippen LogP contribution in [0.5, 0.6) is 0 Å². The molecule has 0 radical (unpaired) electrons. The Morgan fingerprint density at radius 2 is 1.31 bits per heavy atom. The second-order valence-corrected chi connectivity index (χ2v) is 4.41. The van der Waals surface area contributed by atoms with Crippen LogP contribution in [0.1, 0.15) is 29.4 Å². The standard InChI is InChI=1S/C15H13F/c16-13-8-6-12(7-9-13)15-10-14(15)11-4-2-1-3-5-11/h1-9,14-15H,10H2/t14-,15+/m0/s1. The maximum atomic E-state index is 12.8. The molecule has 3 rings (SSSR count). The molecule has 2 aromatic rings. The number of rotatable bonds is 2. The minimum Gasteiger partial charge on any atom is -0.207 e. The number of hydrogen-bond donors (Lipinski definition) is 0. The predicted octanol–water partition coefficient (Wildman–Crippen LogP) is 4.10. The zero-order chi connectivity index (χ0) is 11.0. The van der Waals surface area contributed by atoms with Gasteiger partial charge in [0.1, 0.15) is 5.82 Å². The summed E-state index contributed by atoms with van der Waals surface area (Å²) in [6, 6.07) is 17.5. The maximum absolute atomic E-state index is 12.8. The van der Waals surface area contributed by atoms with Crippen LogP contribution < -0.4 is 0 Å². The van der Waals surface area contributed by atoms with Crippen LogP contribution in [0.15, 0.2) is 54.6 Å². The van der Waals surface area contributed by atoms with Crippen LogP contribution in [0, 0.1) is 5.82 Å². The summed E-state index contributed by atoms with van der Waals surface area (Å²) in [6.45, 7) is 0. The Kier molecular flexibility index (Phi) is 2.24. The van der Waals surface area contributed by atoms with E-state index in [1.54, 1.807) is 12.1 Å². The summed E-state index contributed by atoms with van der Waals surface area (Å²) >= 11 is 0. The van der Waals surface area contributed by atoms with Crippen LogP contribution in [-0.4, -0.2) is 0 Å². The first-order chi connectivity index (χ1) is 7.84. The third-order valence-electron chi connectivity index (χ3n) is 3.32. The van der Waals surface area contributed by atoms with E-state index in [0.29, 0.717) is 11.8 Å². The molecule has 0 nitrogen and oxygen atoms in total. The molecule has 1 saturated carbocycles. The molecule has 1 aliphatic carbocycles. The lowest BCUT2D eigenvalue weighted by Crippen LogP contribution is -1.84. The maximum Gasteiger partial charge on any atom is 0.123 e. The van der Waals surface area contributed by atoms with Crippen molar-refractivity contribution in [3.8, 4) is 0 Å². The summed E-state index contributed by atoms with van der Waals surface area (Å²) in [7, 11) is 0. The molecule has 0 unspecified atom stereocenters. The summed E-state index contributed by atoms with van der Waals surface area (Å²) in [5.74, 6) is 1.07. The van der Waals surface area contributed by atoms with E-state index in [1.807, 2.05) is 18.2 Å². The van der Waals surface area contributed by atoms with Crippen LogP contribution in [0.2, 0.25) is 0 Å². The molecule has 0 bridgehead atoms. The molecular formula is C15H13F. The van der Waals surface area contributed by atoms with E-state index in [9.17, 15) is 4.39 Å². The minimum atomic E-state index is -0.152. The summed E-state index contributed by atoms with van der Waals surface area (Å²) < 4.78 is 12.8. The quantitative estimate of drug-likeness (QED) is 0.703. The highest BCUT2D eigenvalue weighted by atomic mass is 19.1. The molecule has 0 aromatic heterocycles. The number of hydrogen-bond acceptors (Lipinski definition) is 0. The molecule has 16 heavy (non-hydrogen) atoms. The van der Waals surface area contributed by atoms with Gasteiger partial charge in [-0.15, -0.1) is 0 Å². The fourth-order valence-corrected chi connectivity index (χ4v) is 2.34. The van der Waals surface area contributed by atoms with Gasteiger partial charge in [-0.3, -0.25) is 0 Å². The topological polar surface area (TPSA) is 0 Å². The molecule has 0 heterocycles. The Labute approximate surface area is 94.7 Å². The van der Waals surface area contributed by atoms with Gasteiger partial charge in [0, 0.05) is 0 Å². The van der Waals surface area contributed by atoms with E-state index in [4.69, 9.17) is 0 Å². The Balaban J connectivity index is 1.79. The largest absolute Gasteiger partial charge is 0.207 e. The van der Waals surface area contributed by atoms with Crippen LogP contribution in [0.25, 0.3) is 0 Å². The van der Waals surface area contributed by atoms with E-state index in [1.165, 1.54) is 17.5 Å². The molecule has 2 atom stereocenters. The van der Waals surface area contributed by atoms with Gasteiger partial charge in [0.05, 0.1) is 0 Å². The lowest BCUT2D eigenvalue weighted by molar-refractivity contribution is 0.627. The van der Waals surface area contributed by atoms with Crippen molar-refractivity contribution >= 4 is 0 Å². The van der Waals surface area contributed by atoms with Crippen LogP contribution >= 0.6 is 0 Å². The van der Waals surface area contributed by atoms with Gasteiger partial charge in [0.25, 0.3) is 0 Å². The summed E-state index contributed by atoms with van der Waals surface area (Å²) in [5.41, 5.74) is 2.66. The van der Waals surface area contributed by atoms with Crippen molar-refractivity contribution < 1.29 is 4.39 Å². The predicted molar refractivity (Wildman–Crippen MR) is 62.9 cm³/mol. The smallest absolute Gasteiger partial charge is 0.123 e. The van der Waals surface area contributed by atoms with Gasteiger partial charge in [0.15, 0.2) is 0 Å². The Morgan fingerprint density at radius 1 is 0.750 bits per heavy atom. The molecule has 1 fully saturated rings. The first kappa shape index (κ1) is 9.59. The average molecular weight is 212 g/mol. The van der Waals surface area contributed by atoms with Crippen molar-refractivity contribution in [3.05, 3.63) is 71.5 Å². The average Bonchev–Trinajstić information content (AvgIpc) is 3.11. The SMILES string of the molecule is Fc1ccc([C@H]2C[C@H]2c2ccccc2)cc1. The molecule has 2 aromatic carbocycles. The number of benzene rings is 2. The van der Waals surface area contributed by atoms with E-state index in [2.05, 4.69) is 24.3 Å². The zero-order valence-corrected chi connectivity index (χ0v) is 8.94. The molecule has 1 heteroatoms. The van der Waals surface area contributed by atoms with Gasteiger partial charge in [-0.2, -0.15) is 0 Å². The van der Waals surface area contributed by atoms with Crippen LogP contribution in [-0.2, 0) is 0 Å². The van der Waals surface area contributed by atoms with Gasteiger partial charge < -0.3 is 0 Å². The van der Waals surface area contributed by atoms with Crippen LogP contribution in [0.4, 0.5) is 4.39 Å². The fourth-order valence-electron chi connectivity index (χ4n) is 2.34. The Hall–Kier alpha value is -1.63. The van der Waals surface area contributed by atoms with Crippen molar-refractivity contribution in [1.29, 1.82) is 0 Å². The first-order valence-corrected chi connectivity index (χ1v) is 5.65. The molecule has 80 valence electrons. The first-order valence-electron chi connectivity index (χ1n) is 5.65. The minimum absolute atomic E-state index is 0.152. The molecule has 0 spiro atoms. The number of halogens is 1. The molecule has 0 N–H and O–H groups in total. The van der Waals surface area contributed by atoms with Gasteiger partial charge in [-0.1, -0.05) is 42.5 Å². The third kappa shape index (κ3) is 1.73. The van der Waals surface area contributed by atoms with Crippen LogP contribution in [0.3, 0.4) is 0 Å². The summed E-state index contributed by atoms with van der Waals surface area (Å²) in [6.07, 6.45) is 1.19. The fraction of sp³-hybridized carbons (Fsp3) is 0.200. The van der Waals surface area contributed by atoms with Gasteiger partial charge >= 0.3 is 0 Å². The van der Waals surface area contributed by atoms with Crippen molar-refractivity contribution in [2.24, 2.45) is 0 Å². The third-order valence-corrected chi connectivity index (χ3v) is 3.32. The lowest BCUT2D eigenvalue weighted by atomic mass is 10.0. The van der Waals surface area contributed by atoms with Crippen molar-refractivity contribution in [2.75, 3.05) is 0 Å². The zero-order valence-electron chi connectivity index (χ0n) is 8.94. The van der Waals surface area contributed by atoms with Gasteiger partial charge in [-0.05, 0) is 41.5 Å². The normalized spacial score (nSPS) is 23.1. The monoisotopic (exact) mass is 212 g/mol. The van der Waals surface area contributed by atoms with Crippen molar-refractivity contribution in [2.45, 2.75) is 18.3 Å². The highest BCUT2D eigenvalue weighted by molar-refractivity contribution is 5.36. The molecule has 0 saturated heterocycles. The summed E-state index contributed by atoms with van der Waals surface area (Å²) in [5, 5.41) is 0. The molecule has 0 aliphatic heterocycles. The van der Waals surface area contributed by atoms with E-state index < -0.39 is 0 Å². The highest BCUT2D eigenvalue weighted by Crippen LogP contribution is 2.54. The van der Waals surface area contributed by atoms with E-state index >= 15 is 0 Å². The van der Waals surface area contributed by atoms with Crippen molar-refractivity contribution in [1.82, 2.24) is 0 Å². The molecular weight excluding hydrogens is 199 g/mol. The second-order valence-electron chi connectivity index (χ2n) is 4.41. The van der Waals surface area contributed by atoms with Gasteiger partial charge in [0.2, 0.25) is 0 Å². The highest BCUT2D eigenvalue weighted by Gasteiger charge is 2.39. The lowest BCUT2D eigenvalue weighted by Gasteiger charge is -2.01. The second kappa shape index (κ2) is 3.75.